The fourth-order valence-electron chi connectivity index (χ4n) is 0.499. The second-order valence-corrected chi connectivity index (χ2v) is 2.39. The molecule has 4 heteroatoms. The zero-order valence-electron chi connectivity index (χ0n) is 4.83. The Labute approximate surface area is 67.4 Å². The molecule has 1 aromatic heterocycles. The van der Waals surface area contributed by atoms with Crippen LogP contribution in [-0.2, 0) is 0 Å². The van der Waals surface area contributed by atoms with Gasteiger partial charge in [-0.1, -0.05) is 12.2 Å². The second kappa shape index (κ2) is 2.94. The van der Waals surface area contributed by atoms with Crippen molar-refractivity contribution >= 4 is 29.1 Å². The minimum Gasteiger partial charge on any atom is -0.472 e. The van der Waals surface area contributed by atoms with Crippen molar-refractivity contribution in [1.29, 1.82) is 0 Å². The van der Waals surface area contributed by atoms with E-state index in [-0.39, 0.29) is 5.56 Å². The van der Waals surface area contributed by atoms with Gasteiger partial charge in [-0.25, -0.2) is 0 Å². The normalized spacial score (nSPS) is 9.30. The fourth-order valence-corrected chi connectivity index (χ4v) is 0.898. The van der Waals surface area contributed by atoms with E-state index in [4.69, 9.17) is 23.8 Å². The van der Waals surface area contributed by atoms with Crippen molar-refractivity contribution in [2.45, 2.75) is 0 Å². The molecule has 10 heavy (non-hydrogen) atoms. The van der Waals surface area contributed by atoms with Gasteiger partial charge in [-0.3, -0.25) is 4.79 Å². The van der Waals surface area contributed by atoms with E-state index in [0.717, 1.165) is 0 Å². The molecule has 0 amide bonds. The molecule has 0 bridgehead atoms. The molecule has 0 aromatic carbocycles. The lowest BCUT2D eigenvalue weighted by Crippen LogP contribution is -1.87. The molecule has 0 radical (unpaired) electrons. The van der Waals surface area contributed by atoms with Gasteiger partial charge < -0.3 is 4.42 Å². The van der Waals surface area contributed by atoms with Crippen LogP contribution >= 0.6 is 23.8 Å². The first-order valence-electron chi connectivity index (χ1n) is 2.48. The molecule has 1 aromatic rings. The highest BCUT2D eigenvalue weighted by molar-refractivity contribution is 7.71. The number of carbonyl (C=O) groups is 1. The molecule has 1 rings (SSSR count). The first-order chi connectivity index (χ1) is 4.72. The van der Waals surface area contributed by atoms with Crippen molar-refractivity contribution in [3.05, 3.63) is 28.7 Å². The Morgan fingerprint density at radius 1 is 1.70 bits per heavy atom. The Morgan fingerprint density at radius 2 is 2.40 bits per heavy atom. The van der Waals surface area contributed by atoms with Gasteiger partial charge in [0, 0.05) is 0 Å². The molecule has 52 valence electrons. The summed E-state index contributed by atoms with van der Waals surface area (Å²) in [7, 11) is 0. The van der Waals surface area contributed by atoms with E-state index in [2.05, 4.69) is 4.42 Å². The molecule has 0 saturated heterocycles. The first kappa shape index (κ1) is 7.44. The molecule has 0 aliphatic rings. The summed E-state index contributed by atoms with van der Waals surface area (Å²) in [5.74, 6) is 0. The van der Waals surface area contributed by atoms with E-state index in [1.807, 2.05) is 0 Å². The molecule has 0 aliphatic carbocycles. The highest BCUT2D eigenvalue weighted by Gasteiger charge is 2.02. The summed E-state index contributed by atoms with van der Waals surface area (Å²) in [4.78, 5) is 10.5. The Hall–Kier alpha value is -0.670. The largest absolute Gasteiger partial charge is 0.472 e. The maximum atomic E-state index is 10.5. The Morgan fingerprint density at radius 3 is 2.80 bits per heavy atom. The third-order valence-electron chi connectivity index (χ3n) is 0.961. The number of rotatable bonds is 1. The lowest BCUT2D eigenvalue weighted by Gasteiger charge is -1.88. The number of halogens is 1. The van der Waals surface area contributed by atoms with Crippen molar-refractivity contribution in [1.82, 2.24) is 0 Å². The zero-order valence-corrected chi connectivity index (χ0v) is 6.41. The van der Waals surface area contributed by atoms with Crippen molar-refractivity contribution in [2.24, 2.45) is 0 Å². The maximum Gasteiger partial charge on any atom is 0.256 e. The van der Waals surface area contributed by atoms with Gasteiger partial charge in [-0.15, -0.1) is 0 Å². The van der Waals surface area contributed by atoms with Crippen LogP contribution in [0.25, 0.3) is 0 Å². The highest BCUT2D eigenvalue weighted by Crippen LogP contribution is 2.05. The molecule has 0 unspecified atom stereocenters. The molecule has 0 aliphatic heterocycles. The maximum absolute atomic E-state index is 10.5. The number of hydrogen-bond acceptors (Lipinski definition) is 3. The highest BCUT2D eigenvalue weighted by atomic mass is 35.5. The topological polar surface area (TPSA) is 30.2 Å². The predicted octanol–water partition coefficient (Wildman–Crippen LogP) is 2.39. The Balaban J connectivity index is 3.29. The summed E-state index contributed by atoms with van der Waals surface area (Å²) in [6.45, 7) is 0. The molecule has 0 atom stereocenters. The monoisotopic (exact) mass is 174 g/mol. The van der Waals surface area contributed by atoms with Crippen molar-refractivity contribution in [2.75, 3.05) is 0 Å². The van der Waals surface area contributed by atoms with Gasteiger partial charge in [0.1, 0.15) is 6.26 Å². The van der Waals surface area contributed by atoms with Gasteiger partial charge in [0.15, 0.2) is 0 Å². The van der Waals surface area contributed by atoms with Crippen molar-refractivity contribution in [3.63, 3.8) is 0 Å². The lowest BCUT2D eigenvalue weighted by atomic mass is 10.3. The molecule has 0 fully saturated rings. The van der Waals surface area contributed by atoms with Gasteiger partial charge in [0.25, 0.3) is 5.24 Å². The molecule has 2 nitrogen and oxygen atoms in total. The van der Waals surface area contributed by atoms with Crippen LogP contribution in [0.1, 0.15) is 10.4 Å². The van der Waals surface area contributed by atoms with E-state index in [9.17, 15) is 4.79 Å². The third-order valence-corrected chi connectivity index (χ3v) is 1.52. The number of hydrogen-bond donors (Lipinski definition) is 0. The summed E-state index contributed by atoms with van der Waals surface area (Å²) in [6, 6.07) is 1.50. The molecule has 0 N–H and O–H groups in total. The molecule has 0 spiro atoms. The van der Waals surface area contributed by atoms with Crippen LogP contribution in [0.5, 0.6) is 0 Å². The summed E-state index contributed by atoms with van der Waals surface area (Å²) in [5, 5.41) is -0.589. The van der Waals surface area contributed by atoms with Gasteiger partial charge >= 0.3 is 0 Å². The van der Waals surface area contributed by atoms with Crippen molar-refractivity contribution in [3.8, 4) is 0 Å². The van der Waals surface area contributed by atoms with Crippen LogP contribution in [0.4, 0.5) is 0 Å². The van der Waals surface area contributed by atoms with Crippen LogP contribution in [0.3, 0.4) is 0 Å². The second-order valence-electron chi connectivity index (χ2n) is 1.61. The van der Waals surface area contributed by atoms with Crippen LogP contribution in [-0.4, -0.2) is 5.24 Å². The molecular formula is C6H3ClO2S. The predicted molar refractivity (Wildman–Crippen MR) is 39.7 cm³/mol. The van der Waals surface area contributed by atoms with Gasteiger partial charge in [-0.05, 0) is 17.7 Å². The SMILES string of the molecule is O=C(Cl)c1coccc1=S. The summed E-state index contributed by atoms with van der Waals surface area (Å²) in [6.07, 6.45) is 2.63. The molecule has 0 saturated carbocycles. The minimum atomic E-state index is -0.589. The van der Waals surface area contributed by atoms with Gasteiger partial charge in [0.05, 0.1) is 16.3 Å². The average Bonchev–Trinajstić information content (AvgIpc) is 1.88. The van der Waals surface area contributed by atoms with Crippen LogP contribution in [0.15, 0.2) is 23.0 Å². The van der Waals surface area contributed by atoms with E-state index in [1.54, 1.807) is 0 Å². The van der Waals surface area contributed by atoms with E-state index in [1.165, 1.54) is 18.6 Å². The smallest absolute Gasteiger partial charge is 0.256 e. The third kappa shape index (κ3) is 1.43. The fraction of sp³-hybridized carbons (Fsp3) is 0. The lowest BCUT2D eigenvalue weighted by molar-refractivity contribution is 0.107. The summed E-state index contributed by atoms with van der Waals surface area (Å²) in [5.41, 5.74) is 0.235. The van der Waals surface area contributed by atoms with Crippen LogP contribution in [0.2, 0.25) is 0 Å². The number of carbonyl (C=O) groups excluding carboxylic acids is 1. The van der Waals surface area contributed by atoms with E-state index >= 15 is 0 Å². The summed E-state index contributed by atoms with van der Waals surface area (Å²) >= 11 is 9.91. The molecular weight excluding hydrogens is 172 g/mol. The van der Waals surface area contributed by atoms with Crippen LogP contribution in [0, 0.1) is 4.51 Å². The summed E-state index contributed by atoms with van der Waals surface area (Å²) < 4.78 is 5.09. The van der Waals surface area contributed by atoms with E-state index < -0.39 is 5.24 Å². The van der Waals surface area contributed by atoms with Crippen LogP contribution < -0.4 is 0 Å². The average molecular weight is 175 g/mol. The Bertz CT molecular complexity index is 305. The first-order valence-corrected chi connectivity index (χ1v) is 3.27. The van der Waals surface area contributed by atoms with Crippen molar-refractivity contribution < 1.29 is 9.21 Å². The van der Waals surface area contributed by atoms with Gasteiger partial charge in [0.2, 0.25) is 0 Å². The molecule has 1 heterocycles. The zero-order chi connectivity index (χ0) is 7.56. The van der Waals surface area contributed by atoms with Gasteiger partial charge in [-0.2, -0.15) is 0 Å². The minimum absolute atomic E-state index is 0.235. The standard InChI is InChI=1S/C6H3ClO2S/c7-6(8)4-3-9-2-1-5(4)10/h1-3H. The quantitative estimate of drug-likeness (QED) is 0.484. The van der Waals surface area contributed by atoms with E-state index in [0.29, 0.717) is 4.51 Å². The Kier molecular flexibility index (Phi) is 2.19.